The van der Waals surface area contributed by atoms with Crippen LogP contribution >= 0.6 is 0 Å². The lowest BCUT2D eigenvalue weighted by molar-refractivity contribution is -0.130. The molecule has 1 unspecified atom stereocenters. The van der Waals surface area contributed by atoms with Crippen molar-refractivity contribution in [1.29, 1.82) is 5.26 Å². The van der Waals surface area contributed by atoms with E-state index in [1.165, 1.54) is 0 Å². The van der Waals surface area contributed by atoms with Crippen molar-refractivity contribution in [2.45, 2.75) is 18.9 Å². The van der Waals surface area contributed by atoms with Gasteiger partial charge in [0.1, 0.15) is 12.1 Å². The summed E-state index contributed by atoms with van der Waals surface area (Å²) < 4.78 is 0. The minimum atomic E-state index is -0.123. The quantitative estimate of drug-likeness (QED) is 0.792. The van der Waals surface area contributed by atoms with Crippen LogP contribution in [-0.2, 0) is 4.79 Å². The van der Waals surface area contributed by atoms with Crippen LogP contribution in [0.1, 0.15) is 12.8 Å². The molecule has 1 aliphatic rings. The summed E-state index contributed by atoms with van der Waals surface area (Å²) >= 11 is 0. The van der Waals surface area contributed by atoms with Crippen LogP contribution in [0.2, 0.25) is 0 Å². The van der Waals surface area contributed by atoms with Crippen LogP contribution in [0.15, 0.2) is 30.9 Å². The molecule has 7 nitrogen and oxygen atoms in total. The lowest BCUT2D eigenvalue weighted by atomic mass is 10.1. The lowest BCUT2D eigenvalue weighted by Crippen LogP contribution is -2.38. The molecule has 0 aromatic carbocycles. The zero-order valence-corrected chi connectivity index (χ0v) is 13.9. The Morgan fingerprint density at radius 3 is 3.20 bits per heavy atom. The molecule has 0 spiro atoms. The second-order valence-electron chi connectivity index (χ2n) is 6.35. The van der Waals surface area contributed by atoms with E-state index in [1.807, 2.05) is 36.9 Å². The monoisotopic (exact) mass is 334 g/mol. The first-order chi connectivity index (χ1) is 12.2. The Hall–Kier alpha value is -3.14. The van der Waals surface area contributed by atoms with Gasteiger partial charge in [-0.05, 0) is 12.5 Å². The molecule has 0 saturated carbocycles. The molecule has 0 radical (unpaired) electrons. The topological polar surface area (TPSA) is 88.9 Å². The highest BCUT2D eigenvalue weighted by molar-refractivity contribution is 6.11. The van der Waals surface area contributed by atoms with Crippen molar-refractivity contribution in [3.8, 4) is 6.07 Å². The number of amides is 1. The summed E-state index contributed by atoms with van der Waals surface area (Å²) in [5.41, 5.74) is 1.92. The number of rotatable bonds is 3. The Kier molecular flexibility index (Phi) is 3.73. The molecule has 1 N–H and O–H groups in total. The Bertz CT molecular complexity index is 988. The molecule has 4 heterocycles. The summed E-state index contributed by atoms with van der Waals surface area (Å²) in [6.45, 7) is 1.59. The fourth-order valence-corrected chi connectivity index (χ4v) is 3.57. The van der Waals surface area contributed by atoms with Crippen molar-refractivity contribution in [3.05, 3.63) is 30.9 Å². The van der Waals surface area contributed by atoms with E-state index >= 15 is 0 Å². The van der Waals surface area contributed by atoms with Gasteiger partial charge in [-0.3, -0.25) is 9.78 Å². The van der Waals surface area contributed by atoms with Gasteiger partial charge in [0.2, 0.25) is 5.91 Å². The number of pyridine rings is 2. The molecule has 1 amide bonds. The molecule has 1 fully saturated rings. The molecule has 3 aromatic rings. The zero-order valence-electron chi connectivity index (χ0n) is 13.9. The molecule has 126 valence electrons. The van der Waals surface area contributed by atoms with Gasteiger partial charge in [0, 0.05) is 54.9 Å². The van der Waals surface area contributed by atoms with Crippen molar-refractivity contribution < 1.29 is 4.79 Å². The van der Waals surface area contributed by atoms with E-state index in [4.69, 9.17) is 5.26 Å². The number of anilines is 1. The molecule has 0 bridgehead atoms. The zero-order chi connectivity index (χ0) is 17.4. The number of nitrogens with zero attached hydrogens (tertiary/aromatic N) is 5. The van der Waals surface area contributed by atoms with E-state index in [-0.39, 0.29) is 18.4 Å². The third-order valence-corrected chi connectivity index (χ3v) is 4.96. The number of aromatic nitrogens is 3. The first kappa shape index (κ1) is 15.4. The highest BCUT2D eigenvalue weighted by Crippen LogP contribution is 2.33. The number of H-pyrrole nitrogens is 1. The lowest BCUT2D eigenvalue weighted by Gasteiger charge is -2.25. The fraction of sp³-hybridized carbons (Fsp3) is 0.333. The Labute approximate surface area is 144 Å². The third-order valence-electron chi connectivity index (χ3n) is 4.96. The SMILES string of the molecule is CN(C(=O)CC#N)C1CCN(c2cncc3cnc4[nH]ccc4c23)C1. The largest absolute Gasteiger partial charge is 0.368 e. The summed E-state index contributed by atoms with van der Waals surface area (Å²) in [6, 6.07) is 4.07. The molecule has 1 aliphatic heterocycles. The number of carbonyl (C=O) groups excluding carboxylic acids is 1. The van der Waals surface area contributed by atoms with E-state index < -0.39 is 0 Å². The molecule has 25 heavy (non-hydrogen) atoms. The predicted molar refractivity (Wildman–Crippen MR) is 95.0 cm³/mol. The van der Waals surface area contributed by atoms with Crippen LogP contribution in [0.3, 0.4) is 0 Å². The van der Waals surface area contributed by atoms with Gasteiger partial charge in [0.05, 0.1) is 24.0 Å². The van der Waals surface area contributed by atoms with Gasteiger partial charge in [-0.25, -0.2) is 4.98 Å². The highest BCUT2D eigenvalue weighted by atomic mass is 16.2. The van der Waals surface area contributed by atoms with Crippen LogP contribution in [0, 0.1) is 11.3 Å². The first-order valence-corrected chi connectivity index (χ1v) is 8.26. The molecule has 0 aliphatic carbocycles. The maximum atomic E-state index is 12.0. The Morgan fingerprint density at radius 2 is 2.36 bits per heavy atom. The van der Waals surface area contributed by atoms with Crippen LogP contribution in [-0.4, -0.2) is 51.9 Å². The summed E-state index contributed by atoms with van der Waals surface area (Å²) in [7, 11) is 1.78. The van der Waals surface area contributed by atoms with Crippen LogP contribution in [0.25, 0.3) is 21.8 Å². The van der Waals surface area contributed by atoms with Gasteiger partial charge in [-0.15, -0.1) is 0 Å². The molecule has 7 heteroatoms. The van der Waals surface area contributed by atoms with Gasteiger partial charge < -0.3 is 14.8 Å². The smallest absolute Gasteiger partial charge is 0.236 e. The van der Waals surface area contributed by atoms with E-state index in [0.29, 0.717) is 0 Å². The molecular formula is C18H18N6O. The van der Waals surface area contributed by atoms with Gasteiger partial charge in [0.25, 0.3) is 0 Å². The molecule has 4 rings (SSSR count). The van der Waals surface area contributed by atoms with E-state index in [9.17, 15) is 4.79 Å². The second-order valence-corrected chi connectivity index (χ2v) is 6.35. The number of fused-ring (bicyclic) bond motifs is 3. The number of hydrogen-bond acceptors (Lipinski definition) is 5. The normalized spacial score (nSPS) is 17.1. The van der Waals surface area contributed by atoms with Crippen LogP contribution in [0.4, 0.5) is 5.69 Å². The third kappa shape index (κ3) is 2.56. The number of nitrogens with one attached hydrogen (secondary N) is 1. The number of aromatic amines is 1. The standard InChI is InChI=1S/C18H18N6O/c1-23(16(25)2-5-19)13-4-7-24(11-13)15-10-20-8-12-9-22-18-14(17(12)15)3-6-21-18/h3,6,8-10,13H,2,4,7,11H2,1H3,(H,21,22). The summed E-state index contributed by atoms with van der Waals surface area (Å²) in [6.07, 6.45) is 8.25. The van der Waals surface area contributed by atoms with Crippen molar-refractivity contribution in [3.63, 3.8) is 0 Å². The molecule has 1 saturated heterocycles. The Balaban J connectivity index is 1.68. The van der Waals surface area contributed by atoms with Gasteiger partial charge in [-0.1, -0.05) is 0 Å². The number of carbonyl (C=O) groups is 1. The Morgan fingerprint density at radius 1 is 1.48 bits per heavy atom. The number of likely N-dealkylation sites (N-methyl/N-ethyl adjacent to an activating group) is 1. The van der Waals surface area contributed by atoms with E-state index in [1.54, 1.807) is 11.9 Å². The van der Waals surface area contributed by atoms with Crippen molar-refractivity contribution >= 4 is 33.4 Å². The molecular weight excluding hydrogens is 316 g/mol. The van der Waals surface area contributed by atoms with Crippen LogP contribution in [0.5, 0.6) is 0 Å². The van der Waals surface area contributed by atoms with E-state index in [2.05, 4.69) is 19.9 Å². The summed E-state index contributed by atoms with van der Waals surface area (Å²) in [5, 5.41) is 11.9. The average molecular weight is 334 g/mol. The highest BCUT2D eigenvalue weighted by Gasteiger charge is 2.29. The summed E-state index contributed by atoms with van der Waals surface area (Å²) in [5.74, 6) is -0.123. The maximum Gasteiger partial charge on any atom is 0.236 e. The number of nitriles is 1. The van der Waals surface area contributed by atoms with Crippen molar-refractivity contribution in [2.24, 2.45) is 0 Å². The fourth-order valence-electron chi connectivity index (χ4n) is 3.57. The minimum absolute atomic E-state index is 0.0710. The van der Waals surface area contributed by atoms with Gasteiger partial charge >= 0.3 is 0 Å². The first-order valence-electron chi connectivity index (χ1n) is 8.26. The predicted octanol–water partition coefficient (Wildman–Crippen LogP) is 2.06. The average Bonchev–Trinajstić information content (AvgIpc) is 3.30. The number of hydrogen-bond donors (Lipinski definition) is 1. The molecule has 3 aromatic heterocycles. The van der Waals surface area contributed by atoms with Gasteiger partial charge in [0.15, 0.2) is 0 Å². The maximum absolute atomic E-state index is 12.0. The van der Waals surface area contributed by atoms with Crippen molar-refractivity contribution in [2.75, 3.05) is 25.0 Å². The van der Waals surface area contributed by atoms with Crippen LogP contribution < -0.4 is 4.90 Å². The summed E-state index contributed by atoms with van der Waals surface area (Å²) in [4.78, 5) is 27.9. The molecule has 1 atom stereocenters. The van der Waals surface area contributed by atoms with Crippen molar-refractivity contribution in [1.82, 2.24) is 19.9 Å². The van der Waals surface area contributed by atoms with E-state index in [0.717, 1.165) is 47.0 Å². The minimum Gasteiger partial charge on any atom is -0.368 e. The second kappa shape index (κ2) is 6.06. The van der Waals surface area contributed by atoms with Gasteiger partial charge in [-0.2, -0.15) is 5.26 Å².